The topological polar surface area (TPSA) is 18.5 Å². The van der Waals surface area contributed by atoms with Gasteiger partial charge in [-0.2, -0.15) is 0 Å². The van der Waals surface area contributed by atoms with Crippen LogP contribution in [0.15, 0.2) is 54.6 Å². The molecule has 0 atom stereocenters. The fraction of sp³-hybridized carbons (Fsp3) is 0.532. The number of halogens is 2. The van der Waals surface area contributed by atoms with Gasteiger partial charge in [0.15, 0.2) is 0 Å². The molecule has 5 aromatic rings. The second-order valence-corrected chi connectivity index (χ2v) is 17.0. The van der Waals surface area contributed by atoms with Gasteiger partial charge < -0.3 is 9.47 Å². The van der Waals surface area contributed by atoms with E-state index in [0.29, 0.717) is 33.7 Å². The zero-order chi connectivity index (χ0) is 37.3. The van der Waals surface area contributed by atoms with E-state index >= 15 is 8.78 Å². The fourth-order valence-corrected chi connectivity index (χ4v) is 9.41. The molecular weight excluding hydrogens is 699 g/mol. The van der Waals surface area contributed by atoms with Crippen LogP contribution in [0.4, 0.5) is 8.78 Å². The average molecular weight is 761 g/mol. The molecule has 288 valence electrons. The Morgan fingerprint density at radius 1 is 0.472 bits per heavy atom. The number of thiophene rings is 2. The van der Waals surface area contributed by atoms with Crippen LogP contribution in [0.25, 0.3) is 41.1 Å². The van der Waals surface area contributed by atoms with Crippen molar-refractivity contribution in [2.75, 3.05) is 13.2 Å². The molecule has 0 amide bonds. The van der Waals surface area contributed by atoms with Crippen LogP contribution in [0.5, 0.6) is 11.5 Å². The SMILES string of the molecule is CCCCCCCCCCCCOc1ccc(-c2sc3cc4c(F)c(-c5ccc(OCCCCCCCCCCCC)c(C)c5)sc4cc3c2F)cc1. The van der Waals surface area contributed by atoms with Crippen LogP contribution in [0.1, 0.15) is 148 Å². The van der Waals surface area contributed by atoms with Crippen LogP contribution in [0, 0.1) is 18.6 Å². The van der Waals surface area contributed by atoms with E-state index in [1.807, 2.05) is 61.5 Å². The zero-order valence-electron chi connectivity index (χ0n) is 32.6. The van der Waals surface area contributed by atoms with Crippen molar-refractivity contribution in [1.82, 2.24) is 0 Å². The van der Waals surface area contributed by atoms with Crippen molar-refractivity contribution in [3.05, 3.63) is 71.8 Å². The number of aryl methyl sites for hydroxylation is 1. The highest BCUT2D eigenvalue weighted by Gasteiger charge is 2.20. The van der Waals surface area contributed by atoms with E-state index in [2.05, 4.69) is 13.8 Å². The monoisotopic (exact) mass is 760 g/mol. The molecule has 0 aliphatic rings. The number of fused-ring (bicyclic) bond motifs is 2. The summed E-state index contributed by atoms with van der Waals surface area (Å²) < 4.78 is 45.4. The van der Waals surface area contributed by atoms with E-state index in [0.717, 1.165) is 50.4 Å². The van der Waals surface area contributed by atoms with Crippen LogP contribution in [0.2, 0.25) is 0 Å². The Bertz CT molecular complexity index is 1810. The normalized spacial score (nSPS) is 11.6. The largest absolute Gasteiger partial charge is 0.494 e. The maximum atomic E-state index is 15.9. The van der Waals surface area contributed by atoms with Gasteiger partial charge in [0.05, 0.1) is 23.0 Å². The minimum Gasteiger partial charge on any atom is -0.494 e. The molecule has 2 aromatic heterocycles. The Labute approximate surface area is 326 Å². The molecule has 5 rings (SSSR count). The van der Waals surface area contributed by atoms with Crippen molar-refractivity contribution in [3.8, 4) is 32.4 Å². The van der Waals surface area contributed by atoms with Gasteiger partial charge in [-0.15, -0.1) is 22.7 Å². The summed E-state index contributed by atoms with van der Waals surface area (Å²) >= 11 is 2.76. The van der Waals surface area contributed by atoms with Crippen molar-refractivity contribution in [3.63, 3.8) is 0 Å². The van der Waals surface area contributed by atoms with E-state index in [-0.39, 0.29) is 11.6 Å². The Morgan fingerprint density at radius 2 is 0.887 bits per heavy atom. The Balaban J connectivity index is 1.10. The van der Waals surface area contributed by atoms with Gasteiger partial charge >= 0.3 is 0 Å². The molecule has 3 aromatic carbocycles. The third-order valence-electron chi connectivity index (χ3n) is 10.5. The molecule has 0 saturated carbocycles. The Kier molecular flexibility index (Phi) is 17.4. The molecule has 0 aliphatic carbocycles. The molecule has 0 bridgehead atoms. The predicted molar refractivity (Wildman–Crippen MR) is 227 cm³/mol. The van der Waals surface area contributed by atoms with Crippen LogP contribution in [0.3, 0.4) is 0 Å². The summed E-state index contributed by atoms with van der Waals surface area (Å²) in [7, 11) is 0. The van der Waals surface area contributed by atoms with E-state index in [1.165, 1.54) is 138 Å². The maximum absolute atomic E-state index is 15.9. The Hall–Kier alpha value is -2.96. The first kappa shape index (κ1) is 41.2. The lowest BCUT2D eigenvalue weighted by Crippen LogP contribution is -1.99. The highest BCUT2D eigenvalue weighted by molar-refractivity contribution is 7.24. The first-order valence-corrected chi connectivity index (χ1v) is 22.4. The third kappa shape index (κ3) is 12.3. The van der Waals surface area contributed by atoms with Gasteiger partial charge in [-0.3, -0.25) is 0 Å². The zero-order valence-corrected chi connectivity index (χ0v) is 34.3. The second-order valence-electron chi connectivity index (χ2n) is 14.9. The molecule has 53 heavy (non-hydrogen) atoms. The van der Waals surface area contributed by atoms with Gasteiger partial charge in [0.25, 0.3) is 0 Å². The van der Waals surface area contributed by atoms with Crippen LogP contribution in [-0.4, -0.2) is 13.2 Å². The van der Waals surface area contributed by atoms with Gasteiger partial charge in [0, 0.05) is 20.2 Å². The highest BCUT2D eigenvalue weighted by Crippen LogP contribution is 2.44. The van der Waals surface area contributed by atoms with E-state index in [9.17, 15) is 0 Å². The third-order valence-corrected chi connectivity index (χ3v) is 12.8. The second kappa shape index (κ2) is 22.4. The first-order chi connectivity index (χ1) is 26.0. The minimum absolute atomic E-state index is 0.246. The van der Waals surface area contributed by atoms with Gasteiger partial charge in [-0.25, -0.2) is 8.78 Å². The highest BCUT2D eigenvalue weighted by atomic mass is 32.1. The number of benzene rings is 3. The smallest absolute Gasteiger partial charge is 0.149 e. The van der Waals surface area contributed by atoms with Crippen LogP contribution < -0.4 is 9.47 Å². The minimum atomic E-state index is -0.249. The molecule has 0 fully saturated rings. The number of hydrogen-bond acceptors (Lipinski definition) is 4. The molecule has 0 N–H and O–H groups in total. The molecule has 2 nitrogen and oxygen atoms in total. The molecule has 6 heteroatoms. The number of rotatable bonds is 26. The Morgan fingerprint density at radius 3 is 1.36 bits per heavy atom. The number of hydrogen-bond donors (Lipinski definition) is 0. The van der Waals surface area contributed by atoms with Gasteiger partial charge in [-0.05, 0) is 91.1 Å². The van der Waals surface area contributed by atoms with E-state index in [4.69, 9.17) is 9.47 Å². The van der Waals surface area contributed by atoms with Gasteiger partial charge in [0.1, 0.15) is 23.1 Å². The van der Waals surface area contributed by atoms with Crippen molar-refractivity contribution >= 4 is 42.8 Å². The average Bonchev–Trinajstić information content (AvgIpc) is 3.67. The molecule has 0 aliphatic heterocycles. The van der Waals surface area contributed by atoms with Crippen LogP contribution >= 0.6 is 22.7 Å². The van der Waals surface area contributed by atoms with Crippen molar-refractivity contribution in [2.24, 2.45) is 0 Å². The summed E-state index contributed by atoms with van der Waals surface area (Å²) in [6, 6.07) is 17.3. The number of ether oxygens (including phenoxy) is 2. The summed E-state index contributed by atoms with van der Waals surface area (Å²) in [5.74, 6) is 1.17. The summed E-state index contributed by atoms with van der Waals surface area (Å²) in [5, 5.41) is 1.08. The summed E-state index contributed by atoms with van der Waals surface area (Å²) in [6.45, 7) is 7.95. The molecule has 0 spiro atoms. The van der Waals surface area contributed by atoms with Crippen LogP contribution in [-0.2, 0) is 0 Å². The summed E-state index contributed by atoms with van der Waals surface area (Å²) in [5.41, 5.74) is 2.64. The van der Waals surface area contributed by atoms with Crippen molar-refractivity contribution < 1.29 is 18.3 Å². The summed E-state index contributed by atoms with van der Waals surface area (Å²) in [4.78, 5) is 1.15. The molecule has 2 heterocycles. The quantitative estimate of drug-likeness (QED) is 0.0523. The fourth-order valence-electron chi connectivity index (χ4n) is 7.20. The van der Waals surface area contributed by atoms with Gasteiger partial charge in [-0.1, -0.05) is 129 Å². The lowest BCUT2D eigenvalue weighted by molar-refractivity contribution is 0.302. The molecule has 0 saturated heterocycles. The maximum Gasteiger partial charge on any atom is 0.149 e. The van der Waals surface area contributed by atoms with Crippen molar-refractivity contribution in [2.45, 2.75) is 149 Å². The molecular formula is C47H62F2O2S2. The molecule has 0 unspecified atom stereocenters. The standard InChI is InChI=1S/C47H62F2O2S2/c1-4-6-8-10-12-14-16-18-20-22-30-50-38-27-24-36(25-28-38)46-44(48)39-33-43-40(34-42(39)52-46)45(49)47(53-43)37-26-29-41(35(3)32-37)51-31-23-21-19-17-15-13-11-9-7-5-2/h24-29,32-34H,4-23,30-31H2,1-3H3. The number of unbranched alkanes of at least 4 members (excludes halogenated alkanes) is 18. The summed E-state index contributed by atoms with van der Waals surface area (Å²) in [6.07, 6.45) is 25.9. The van der Waals surface area contributed by atoms with Crippen molar-refractivity contribution in [1.29, 1.82) is 0 Å². The van der Waals surface area contributed by atoms with E-state index < -0.39 is 0 Å². The predicted octanol–water partition coefficient (Wildman–Crippen LogP) is 16.6. The van der Waals surface area contributed by atoms with Gasteiger partial charge in [0.2, 0.25) is 0 Å². The lowest BCUT2D eigenvalue weighted by atomic mass is 10.1. The first-order valence-electron chi connectivity index (χ1n) is 20.8. The molecule has 0 radical (unpaired) electrons. The van der Waals surface area contributed by atoms with E-state index in [1.54, 1.807) is 0 Å². The lowest BCUT2D eigenvalue weighted by Gasteiger charge is -2.10.